The number of aliphatic hydroxyl groups excluding tert-OH is 1. The molecule has 2 atom stereocenters. The van der Waals surface area contributed by atoms with Gasteiger partial charge in [-0.05, 0) is 24.1 Å². The van der Waals surface area contributed by atoms with Crippen LogP contribution in [-0.2, 0) is 13.0 Å². The second-order valence-electron chi connectivity index (χ2n) is 6.37. The van der Waals surface area contributed by atoms with Crippen molar-refractivity contribution in [3.8, 4) is 5.69 Å². The molecule has 1 aliphatic heterocycles. The fourth-order valence-electron chi connectivity index (χ4n) is 3.28. The highest BCUT2D eigenvalue weighted by molar-refractivity contribution is 5.34. The van der Waals surface area contributed by atoms with Gasteiger partial charge in [-0.15, -0.1) is 0 Å². The second-order valence-corrected chi connectivity index (χ2v) is 6.37. The molecule has 0 unspecified atom stereocenters. The van der Waals surface area contributed by atoms with Crippen molar-refractivity contribution in [2.45, 2.75) is 38.5 Å². The summed E-state index contributed by atoms with van der Waals surface area (Å²) in [5.74, 6) is 1.31. The lowest BCUT2D eigenvalue weighted by Crippen LogP contribution is -2.24. The number of rotatable bonds is 5. The van der Waals surface area contributed by atoms with Gasteiger partial charge >= 0.3 is 0 Å². The van der Waals surface area contributed by atoms with Gasteiger partial charge in [-0.1, -0.05) is 24.2 Å². The summed E-state index contributed by atoms with van der Waals surface area (Å²) in [6.45, 7) is 3.34. The fourth-order valence-corrected chi connectivity index (χ4v) is 3.28. The molecule has 1 aromatic carbocycles. The molecule has 1 aliphatic rings. The number of β-amino-alcohol motifs (C(OH)–C–C–N with tert-alkyl or cyclic N) is 1. The van der Waals surface area contributed by atoms with E-state index in [-0.39, 0.29) is 12.1 Å². The zero-order chi connectivity index (χ0) is 17.2. The van der Waals surface area contributed by atoms with Gasteiger partial charge in [0.2, 0.25) is 5.89 Å². The van der Waals surface area contributed by atoms with E-state index in [9.17, 15) is 5.11 Å². The van der Waals surface area contributed by atoms with Crippen molar-refractivity contribution < 1.29 is 9.63 Å². The Bertz CT molecular complexity index is 812. The molecule has 0 bridgehead atoms. The standard InChI is InChI=1S/C18H21N5O2/c1-2-17-20-18(25-21-17)16-9-15(24)11-23(16)10-13-3-5-14(6-4-13)22-8-7-19-12-22/h3-8,12,15-16,24H,2,9-11H2,1H3/t15-,16+/m0/s1. The Hall–Kier alpha value is -2.51. The van der Waals surface area contributed by atoms with Crippen LogP contribution in [0.25, 0.3) is 5.69 Å². The van der Waals surface area contributed by atoms with Crippen molar-refractivity contribution in [2.75, 3.05) is 6.54 Å². The van der Waals surface area contributed by atoms with E-state index in [0.717, 1.165) is 18.7 Å². The average Bonchev–Trinajstić information content (AvgIpc) is 3.36. The van der Waals surface area contributed by atoms with E-state index in [1.807, 2.05) is 17.7 Å². The summed E-state index contributed by atoms with van der Waals surface area (Å²) in [4.78, 5) is 10.7. The Kier molecular flexibility index (Phi) is 4.33. The van der Waals surface area contributed by atoms with Gasteiger partial charge in [0.25, 0.3) is 0 Å². The van der Waals surface area contributed by atoms with E-state index >= 15 is 0 Å². The molecule has 7 heteroatoms. The Labute approximate surface area is 145 Å². The number of hydrogen-bond acceptors (Lipinski definition) is 6. The largest absolute Gasteiger partial charge is 0.392 e. The predicted molar refractivity (Wildman–Crippen MR) is 91.0 cm³/mol. The lowest BCUT2D eigenvalue weighted by atomic mass is 10.1. The smallest absolute Gasteiger partial charge is 0.244 e. The van der Waals surface area contributed by atoms with Crippen molar-refractivity contribution in [3.63, 3.8) is 0 Å². The highest BCUT2D eigenvalue weighted by Gasteiger charge is 2.35. The summed E-state index contributed by atoms with van der Waals surface area (Å²) in [5, 5.41) is 14.1. The molecule has 3 aromatic rings. The SMILES string of the molecule is CCc1noc([C@H]2C[C@H](O)CN2Cc2ccc(-n3ccnc3)cc2)n1. The molecule has 0 aliphatic carbocycles. The molecule has 1 saturated heterocycles. The zero-order valence-corrected chi connectivity index (χ0v) is 14.1. The molecule has 3 heterocycles. The molecule has 1 fully saturated rings. The van der Waals surface area contributed by atoms with E-state index in [1.54, 1.807) is 12.5 Å². The van der Waals surface area contributed by atoms with Crippen LogP contribution in [0, 0.1) is 0 Å². The third-order valence-electron chi connectivity index (χ3n) is 4.59. The van der Waals surface area contributed by atoms with Gasteiger partial charge in [0, 0.05) is 37.6 Å². The summed E-state index contributed by atoms with van der Waals surface area (Å²) in [7, 11) is 0. The van der Waals surface area contributed by atoms with Crippen LogP contribution in [0.1, 0.15) is 36.7 Å². The molecular formula is C18H21N5O2. The lowest BCUT2D eigenvalue weighted by Gasteiger charge is -2.21. The highest BCUT2D eigenvalue weighted by Crippen LogP contribution is 2.32. The normalized spacial score (nSPS) is 21.0. The van der Waals surface area contributed by atoms with Crippen LogP contribution in [-0.4, -0.2) is 42.3 Å². The molecule has 25 heavy (non-hydrogen) atoms. The maximum atomic E-state index is 10.1. The van der Waals surface area contributed by atoms with Crippen molar-refractivity contribution >= 4 is 0 Å². The van der Waals surface area contributed by atoms with E-state index < -0.39 is 0 Å². The van der Waals surface area contributed by atoms with Crippen molar-refractivity contribution in [2.24, 2.45) is 0 Å². The summed E-state index contributed by atoms with van der Waals surface area (Å²) < 4.78 is 7.37. The number of imidazole rings is 1. The first kappa shape index (κ1) is 16.0. The topological polar surface area (TPSA) is 80.2 Å². The van der Waals surface area contributed by atoms with E-state index in [4.69, 9.17) is 4.52 Å². The first-order valence-corrected chi connectivity index (χ1v) is 8.55. The van der Waals surface area contributed by atoms with Crippen LogP contribution in [0.4, 0.5) is 0 Å². The van der Waals surface area contributed by atoms with Crippen LogP contribution >= 0.6 is 0 Å². The molecule has 0 radical (unpaired) electrons. The van der Waals surface area contributed by atoms with Gasteiger partial charge in [0.05, 0.1) is 18.5 Å². The van der Waals surface area contributed by atoms with Gasteiger partial charge in [-0.25, -0.2) is 4.98 Å². The Morgan fingerprint density at radius 1 is 1.28 bits per heavy atom. The van der Waals surface area contributed by atoms with Crippen LogP contribution in [0.3, 0.4) is 0 Å². The first-order chi connectivity index (χ1) is 12.2. The molecule has 7 nitrogen and oxygen atoms in total. The number of likely N-dealkylation sites (tertiary alicyclic amines) is 1. The van der Waals surface area contributed by atoms with E-state index in [1.165, 1.54) is 5.56 Å². The molecular weight excluding hydrogens is 318 g/mol. The minimum atomic E-state index is -0.368. The number of hydrogen-bond donors (Lipinski definition) is 1. The van der Waals surface area contributed by atoms with E-state index in [2.05, 4.69) is 44.3 Å². The summed E-state index contributed by atoms with van der Waals surface area (Å²) in [5.41, 5.74) is 2.25. The molecule has 130 valence electrons. The van der Waals surface area contributed by atoms with Crippen molar-refractivity contribution in [1.29, 1.82) is 0 Å². The van der Waals surface area contributed by atoms with Crippen LogP contribution in [0.5, 0.6) is 0 Å². The molecule has 0 saturated carbocycles. The maximum Gasteiger partial charge on any atom is 0.244 e. The molecule has 4 rings (SSSR count). The van der Waals surface area contributed by atoms with Crippen molar-refractivity contribution in [1.82, 2.24) is 24.6 Å². The van der Waals surface area contributed by atoms with Gasteiger partial charge in [-0.3, -0.25) is 4.90 Å². The summed E-state index contributed by atoms with van der Waals surface area (Å²) >= 11 is 0. The molecule has 1 N–H and O–H groups in total. The predicted octanol–water partition coefficient (Wildman–Crippen LogP) is 2.13. The Morgan fingerprint density at radius 2 is 2.12 bits per heavy atom. The number of aliphatic hydroxyl groups is 1. The maximum absolute atomic E-state index is 10.1. The minimum absolute atomic E-state index is 0.0314. The summed E-state index contributed by atoms with van der Waals surface area (Å²) in [6, 6.07) is 8.31. The molecule has 0 amide bonds. The average molecular weight is 339 g/mol. The lowest BCUT2D eigenvalue weighted by molar-refractivity contribution is 0.169. The molecule has 0 spiro atoms. The quantitative estimate of drug-likeness (QED) is 0.767. The number of nitrogens with zero attached hydrogens (tertiary/aromatic N) is 5. The van der Waals surface area contributed by atoms with Crippen LogP contribution in [0.2, 0.25) is 0 Å². The van der Waals surface area contributed by atoms with Crippen LogP contribution < -0.4 is 0 Å². The van der Waals surface area contributed by atoms with Gasteiger partial charge < -0.3 is 14.2 Å². The summed E-state index contributed by atoms with van der Waals surface area (Å²) in [6.07, 6.45) is 6.46. The van der Waals surface area contributed by atoms with Gasteiger partial charge in [0.15, 0.2) is 5.82 Å². The minimum Gasteiger partial charge on any atom is -0.392 e. The van der Waals surface area contributed by atoms with E-state index in [0.29, 0.717) is 24.7 Å². The van der Waals surface area contributed by atoms with Gasteiger partial charge in [0.1, 0.15) is 0 Å². The third kappa shape index (κ3) is 3.33. The monoisotopic (exact) mass is 339 g/mol. The van der Waals surface area contributed by atoms with Crippen molar-refractivity contribution in [3.05, 3.63) is 60.3 Å². The highest BCUT2D eigenvalue weighted by atomic mass is 16.5. The Morgan fingerprint density at radius 3 is 2.80 bits per heavy atom. The number of aromatic nitrogens is 4. The third-order valence-corrected chi connectivity index (χ3v) is 4.59. The fraction of sp³-hybridized carbons (Fsp3) is 0.389. The zero-order valence-electron chi connectivity index (χ0n) is 14.1. The number of aryl methyl sites for hydroxylation is 1. The van der Waals surface area contributed by atoms with Crippen LogP contribution in [0.15, 0.2) is 47.5 Å². The number of benzene rings is 1. The molecule has 2 aromatic heterocycles. The first-order valence-electron chi connectivity index (χ1n) is 8.55. The van der Waals surface area contributed by atoms with Gasteiger partial charge in [-0.2, -0.15) is 4.98 Å². The Balaban J connectivity index is 1.50. The second kappa shape index (κ2) is 6.78.